The average molecular weight is 315 g/mol. The molecule has 0 unspecified atom stereocenters. The molecule has 120 valence electrons. The molecule has 1 aliphatic rings. The Hall–Kier alpha value is -2.51. The van der Waals surface area contributed by atoms with Crippen molar-refractivity contribution in [1.82, 2.24) is 9.55 Å². The van der Waals surface area contributed by atoms with E-state index >= 15 is 0 Å². The van der Waals surface area contributed by atoms with Crippen molar-refractivity contribution in [3.05, 3.63) is 58.6 Å². The second kappa shape index (κ2) is 6.72. The Balaban J connectivity index is 1.72. The highest BCUT2D eigenvalue weighted by Gasteiger charge is 2.26. The van der Waals surface area contributed by atoms with Crippen LogP contribution in [-0.2, 0) is 4.74 Å². The number of aliphatic hydroxyl groups excluding tert-OH is 1. The molecule has 0 bridgehead atoms. The molecule has 1 saturated heterocycles. The number of ether oxygens (including phenoxy) is 1. The Kier molecular flexibility index (Phi) is 4.50. The summed E-state index contributed by atoms with van der Waals surface area (Å²) >= 11 is 0. The largest absolute Gasteiger partial charge is 0.394 e. The number of anilines is 1. The van der Waals surface area contributed by atoms with Crippen molar-refractivity contribution >= 4 is 11.7 Å². The maximum Gasteiger partial charge on any atom is 0.351 e. The first kappa shape index (κ1) is 15.4. The molecule has 2 atom stereocenters. The minimum Gasteiger partial charge on any atom is -0.394 e. The van der Waals surface area contributed by atoms with Gasteiger partial charge in [-0.1, -0.05) is 18.2 Å². The Morgan fingerprint density at radius 2 is 2.09 bits per heavy atom. The molecule has 0 radical (unpaired) electrons. The van der Waals surface area contributed by atoms with Gasteiger partial charge in [0.1, 0.15) is 12.0 Å². The van der Waals surface area contributed by atoms with Crippen molar-refractivity contribution in [2.75, 3.05) is 11.9 Å². The highest BCUT2D eigenvalue weighted by Crippen LogP contribution is 2.26. The van der Waals surface area contributed by atoms with Crippen LogP contribution in [0.2, 0.25) is 0 Å². The Morgan fingerprint density at radius 3 is 2.74 bits per heavy atom. The number of benzene rings is 1. The van der Waals surface area contributed by atoms with Crippen LogP contribution in [0.25, 0.3) is 0 Å². The number of rotatable bonds is 4. The van der Waals surface area contributed by atoms with E-state index < -0.39 is 11.9 Å². The van der Waals surface area contributed by atoms with Crippen LogP contribution < -0.4 is 11.0 Å². The van der Waals surface area contributed by atoms with Crippen LogP contribution in [0.15, 0.2) is 47.4 Å². The summed E-state index contributed by atoms with van der Waals surface area (Å²) < 4.78 is 6.92. The Labute approximate surface area is 132 Å². The van der Waals surface area contributed by atoms with Crippen LogP contribution in [0, 0.1) is 0 Å². The average Bonchev–Trinajstić information content (AvgIpc) is 3.04. The lowest BCUT2D eigenvalue weighted by molar-refractivity contribution is -0.0245. The zero-order valence-corrected chi connectivity index (χ0v) is 12.4. The summed E-state index contributed by atoms with van der Waals surface area (Å²) in [7, 11) is 0. The molecule has 1 amide bonds. The van der Waals surface area contributed by atoms with E-state index in [0.29, 0.717) is 18.4 Å². The van der Waals surface area contributed by atoms with E-state index in [-0.39, 0.29) is 24.4 Å². The van der Waals surface area contributed by atoms with Gasteiger partial charge in [0.25, 0.3) is 5.91 Å². The van der Waals surface area contributed by atoms with Crippen LogP contribution in [0.5, 0.6) is 0 Å². The molecular weight excluding hydrogens is 298 g/mol. The summed E-state index contributed by atoms with van der Waals surface area (Å²) in [6, 6.07) is 10.2. The molecule has 1 aromatic heterocycles. The minimum absolute atomic E-state index is 0.0656. The lowest BCUT2D eigenvalue weighted by atomic mass is 10.2. The van der Waals surface area contributed by atoms with Crippen molar-refractivity contribution in [3.8, 4) is 0 Å². The van der Waals surface area contributed by atoms with Gasteiger partial charge in [0.05, 0.1) is 12.7 Å². The van der Waals surface area contributed by atoms with Gasteiger partial charge in [-0.2, -0.15) is 4.98 Å². The number of nitrogens with zero attached hydrogens (tertiary/aromatic N) is 2. The predicted octanol–water partition coefficient (Wildman–Crippen LogP) is 1.17. The second-order valence-electron chi connectivity index (χ2n) is 5.30. The van der Waals surface area contributed by atoms with E-state index in [1.165, 1.54) is 4.57 Å². The number of carbonyl (C=O) groups excluding carboxylic acids is 1. The molecule has 1 fully saturated rings. The number of carbonyl (C=O) groups is 1. The summed E-state index contributed by atoms with van der Waals surface area (Å²) in [4.78, 5) is 28.0. The van der Waals surface area contributed by atoms with E-state index in [9.17, 15) is 9.59 Å². The Morgan fingerprint density at radius 1 is 1.30 bits per heavy atom. The highest BCUT2D eigenvalue weighted by molar-refractivity contribution is 6.03. The normalized spacial score (nSPS) is 20.4. The molecule has 23 heavy (non-hydrogen) atoms. The number of aromatic nitrogens is 2. The zero-order chi connectivity index (χ0) is 16.2. The maximum absolute atomic E-state index is 12.1. The van der Waals surface area contributed by atoms with Gasteiger partial charge >= 0.3 is 5.69 Å². The van der Waals surface area contributed by atoms with Gasteiger partial charge < -0.3 is 15.2 Å². The van der Waals surface area contributed by atoms with Crippen LogP contribution in [-0.4, -0.2) is 33.3 Å². The number of aliphatic hydroxyl groups is 1. The summed E-state index contributed by atoms with van der Waals surface area (Å²) in [6.07, 6.45) is 2.21. The van der Waals surface area contributed by atoms with Crippen molar-refractivity contribution in [1.29, 1.82) is 0 Å². The Bertz CT molecular complexity index is 744. The lowest BCUT2D eigenvalue weighted by Gasteiger charge is -2.15. The van der Waals surface area contributed by atoms with Crippen molar-refractivity contribution in [3.63, 3.8) is 0 Å². The summed E-state index contributed by atoms with van der Waals surface area (Å²) in [5, 5.41) is 11.7. The SMILES string of the molecule is O=C(Nc1ccn([C@@H]2CC[C@H](CO)O2)c(=O)n1)c1ccccc1. The number of hydrogen-bond donors (Lipinski definition) is 2. The van der Waals surface area contributed by atoms with Gasteiger partial charge in [0, 0.05) is 11.8 Å². The van der Waals surface area contributed by atoms with Gasteiger partial charge in [-0.15, -0.1) is 0 Å². The molecule has 0 saturated carbocycles. The fourth-order valence-electron chi connectivity index (χ4n) is 2.51. The first-order chi connectivity index (χ1) is 11.2. The summed E-state index contributed by atoms with van der Waals surface area (Å²) in [6.45, 7) is -0.0656. The molecule has 7 nitrogen and oxygen atoms in total. The molecule has 0 spiro atoms. The fraction of sp³-hybridized carbons (Fsp3) is 0.312. The monoisotopic (exact) mass is 315 g/mol. The van der Waals surface area contributed by atoms with Gasteiger partial charge in [0.15, 0.2) is 0 Å². The van der Waals surface area contributed by atoms with Crippen LogP contribution in [0.1, 0.15) is 29.4 Å². The summed E-state index contributed by atoms with van der Waals surface area (Å²) in [5.41, 5.74) is -0.0113. The van der Waals surface area contributed by atoms with E-state index in [1.54, 1.807) is 36.5 Å². The van der Waals surface area contributed by atoms with Crippen molar-refractivity contribution < 1.29 is 14.6 Å². The maximum atomic E-state index is 12.1. The standard InChI is InChI=1S/C16H17N3O4/c20-10-12-6-7-14(23-12)19-9-8-13(18-16(19)22)17-15(21)11-4-2-1-3-5-11/h1-5,8-9,12,14,20H,6-7,10H2,(H,17,18,21,22)/t12-,14+/m1/s1. The van der Waals surface area contributed by atoms with Gasteiger partial charge in [-0.25, -0.2) is 4.79 Å². The van der Waals surface area contributed by atoms with Crippen molar-refractivity contribution in [2.24, 2.45) is 0 Å². The van der Waals surface area contributed by atoms with E-state index in [2.05, 4.69) is 10.3 Å². The smallest absolute Gasteiger partial charge is 0.351 e. The summed E-state index contributed by atoms with van der Waals surface area (Å²) in [5.74, 6) is -0.135. The minimum atomic E-state index is -0.501. The van der Waals surface area contributed by atoms with Gasteiger partial charge in [-0.3, -0.25) is 9.36 Å². The van der Waals surface area contributed by atoms with E-state index in [1.807, 2.05) is 6.07 Å². The third-order valence-electron chi connectivity index (χ3n) is 3.71. The molecule has 2 heterocycles. The molecule has 7 heteroatoms. The van der Waals surface area contributed by atoms with E-state index in [0.717, 1.165) is 0 Å². The highest BCUT2D eigenvalue weighted by atomic mass is 16.5. The van der Waals surface area contributed by atoms with Gasteiger partial charge in [0.2, 0.25) is 0 Å². The fourth-order valence-corrected chi connectivity index (χ4v) is 2.51. The first-order valence-corrected chi connectivity index (χ1v) is 7.39. The molecule has 1 aliphatic heterocycles. The topological polar surface area (TPSA) is 93.5 Å². The van der Waals surface area contributed by atoms with E-state index in [4.69, 9.17) is 9.84 Å². The van der Waals surface area contributed by atoms with Gasteiger partial charge in [-0.05, 0) is 31.0 Å². The first-order valence-electron chi connectivity index (χ1n) is 7.39. The lowest BCUT2D eigenvalue weighted by Crippen LogP contribution is -2.28. The molecule has 0 aliphatic carbocycles. The quantitative estimate of drug-likeness (QED) is 0.883. The predicted molar refractivity (Wildman–Crippen MR) is 83.1 cm³/mol. The van der Waals surface area contributed by atoms with Crippen LogP contribution in [0.4, 0.5) is 5.82 Å². The number of amides is 1. The second-order valence-corrected chi connectivity index (χ2v) is 5.30. The number of nitrogens with one attached hydrogen (secondary N) is 1. The third kappa shape index (κ3) is 3.46. The van der Waals surface area contributed by atoms with Crippen LogP contribution >= 0.6 is 0 Å². The van der Waals surface area contributed by atoms with Crippen LogP contribution in [0.3, 0.4) is 0 Å². The molecule has 3 rings (SSSR count). The molecule has 1 aromatic carbocycles. The molecule has 2 N–H and O–H groups in total. The zero-order valence-electron chi connectivity index (χ0n) is 12.4. The number of hydrogen-bond acceptors (Lipinski definition) is 5. The van der Waals surface area contributed by atoms with Crippen molar-refractivity contribution in [2.45, 2.75) is 25.2 Å². The molecule has 2 aromatic rings. The molecular formula is C16H17N3O4. The third-order valence-corrected chi connectivity index (χ3v) is 3.71.